The molecule has 1 aliphatic heterocycles. The van der Waals surface area contributed by atoms with E-state index in [2.05, 4.69) is 69.0 Å². The summed E-state index contributed by atoms with van der Waals surface area (Å²) in [6.45, 7) is 9.73. The number of hydrogen-bond donors (Lipinski definition) is 2. The number of nitrogens with zero attached hydrogens (tertiary/aromatic N) is 6. The Balaban J connectivity index is 1.50. The Kier molecular flexibility index (Phi) is 7.81. The van der Waals surface area contributed by atoms with Crippen molar-refractivity contribution < 1.29 is 9.53 Å². The predicted molar refractivity (Wildman–Crippen MR) is 157 cm³/mol. The average molecular weight is 541 g/mol. The van der Waals surface area contributed by atoms with Gasteiger partial charge in [-0.05, 0) is 57.3 Å². The summed E-state index contributed by atoms with van der Waals surface area (Å²) >= 11 is 0. The minimum atomic E-state index is -0.388. The number of aryl methyl sites for hydroxylation is 1. The molecule has 1 aliphatic carbocycles. The number of aromatic nitrogens is 4. The number of carbonyl (C=O) groups is 1. The van der Waals surface area contributed by atoms with Gasteiger partial charge in [0.15, 0.2) is 0 Å². The van der Waals surface area contributed by atoms with Gasteiger partial charge in [-0.2, -0.15) is 5.10 Å². The van der Waals surface area contributed by atoms with Crippen LogP contribution in [0.5, 0.6) is 0 Å². The lowest BCUT2D eigenvalue weighted by molar-refractivity contribution is -0.115. The molecule has 2 N–H and O–H groups in total. The Morgan fingerprint density at radius 2 is 1.93 bits per heavy atom. The summed E-state index contributed by atoms with van der Waals surface area (Å²) in [5.41, 5.74) is 5.12. The zero-order valence-electron chi connectivity index (χ0n) is 23.6. The number of piperazine rings is 1. The van der Waals surface area contributed by atoms with E-state index >= 15 is 0 Å². The highest BCUT2D eigenvalue weighted by Gasteiger charge is 2.29. The smallest absolute Gasteiger partial charge is 0.247 e. The van der Waals surface area contributed by atoms with Gasteiger partial charge in [-0.1, -0.05) is 12.6 Å². The van der Waals surface area contributed by atoms with Crippen LogP contribution < -0.4 is 10.6 Å². The maximum absolute atomic E-state index is 12.5. The Bertz CT molecular complexity index is 1510. The first-order valence-electron chi connectivity index (χ1n) is 13.4. The fraction of sp³-hybridized carbons (Fsp3) is 0.333. The van der Waals surface area contributed by atoms with E-state index in [9.17, 15) is 4.79 Å². The van der Waals surface area contributed by atoms with Gasteiger partial charge in [-0.25, -0.2) is 9.97 Å². The minimum Gasteiger partial charge on any atom is -0.371 e. The van der Waals surface area contributed by atoms with Crippen LogP contribution in [0.3, 0.4) is 0 Å². The van der Waals surface area contributed by atoms with Crippen LogP contribution in [0, 0.1) is 0 Å². The molecule has 1 saturated heterocycles. The van der Waals surface area contributed by atoms with E-state index in [-0.39, 0.29) is 12.0 Å². The molecule has 3 aromatic rings. The largest absolute Gasteiger partial charge is 0.371 e. The number of rotatable bonds is 7. The molecule has 0 bridgehead atoms. The molecule has 5 rings (SSSR count). The van der Waals surface area contributed by atoms with Gasteiger partial charge in [-0.3, -0.25) is 14.4 Å². The summed E-state index contributed by atoms with van der Waals surface area (Å²) < 4.78 is 7.68. The van der Waals surface area contributed by atoms with E-state index in [0.717, 1.165) is 46.6 Å². The summed E-state index contributed by atoms with van der Waals surface area (Å²) in [5, 5.41) is 11.8. The monoisotopic (exact) mass is 540 g/mol. The van der Waals surface area contributed by atoms with Crippen LogP contribution in [0.1, 0.15) is 13.8 Å². The lowest BCUT2D eigenvalue weighted by Crippen LogP contribution is -2.54. The number of amides is 1. The third kappa shape index (κ3) is 5.54. The van der Waals surface area contributed by atoms with Gasteiger partial charge >= 0.3 is 0 Å². The normalized spacial score (nSPS) is 21.8. The van der Waals surface area contributed by atoms with Gasteiger partial charge in [0.1, 0.15) is 18.2 Å². The lowest BCUT2D eigenvalue weighted by Gasteiger charge is -2.44. The lowest BCUT2D eigenvalue weighted by atomic mass is 10.1. The SMILES string of the molecule is C=CC(=O)NC1=C(N2CC(C)N(C)C(C)C2)C=CC(OC)C(Nc2cc(-c3ccc4c(cnn4C)c3)ncn2)=C1. The molecule has 1 fully saturated rings. The van der Waals surface area contributed by atoms with Crippen molar-refractivity contribution in [1.29, 1.82) is 0 Å². The average Bonchev–Trinajstić information content (AvgIpc) is 3.23. The Morgan fingerprint density at radius 3 is 2.65 bits per heavy atom. The fourth-order valence-electron chi connectivity index (χ4n) is 5.21. The van der Waals surface area contributed by atoms with Crippen LogP contribution in [0.15, 0.2) is 84.8 Å². The van der Waals surface area contributed by atoms with E-state index in [1.807, 2.05) is 54.4 Å². The molecule has 10 nitrogen and oxygen atoms in total. The number of fused-ring (bicyclic) bond motifs is 1. The summed E-state index contributed by atoms with van der Waals surface area (Å²) in [5.74, 6) is 0.329. The van der Waals surface area contributed by atoms with E-state index in [4.69, 9.17) is 4.74 Å². The zero-order valence-corrected chi connectivity index (χ0v) is 23.6. The van der Waals surface area contributed by atoms with Gasteiger partial charge in [-0.15, -0.1) is 0 Å². The number of allylic oxidation sites excluding steroid dienone is 2. The van der Waals surface area contributed by atoms with Crippen molar-refractivity contribution in [1.82, 2.24) is 34.9 Å². The van der Waals surface area contributed by atoms with Gasteiger partial charge in [0.2, 0.25) is 5.91 Å². The third-order valence-corrected chi connectivity index (χ3v) is 7.69. The molecule has 0 saturated carbocycles. The van der Waals surface area contributed by atoms with Crippen molar-refractivity contribution in [2.45, 2.75) is 32.0 Å². The highest BCUT2D eigenvalue weighted by atomic mass is 16.5. The van der Waals surface area contributed by atoms with Crippen LogP contribution in [0.25, 0.3) is 22.2 Å². The Morgan fingerprint density at radius 1 is 1.15 bits per heavy atom. The van der Waals surface area contributed by atoms with Crippen LogP contribution in [-0.4, -0.2) is 80.9 Å². The summed E-state index contributed by atoms with van der Waals surface area (Å²) in [7, 11) is 5.73. The van der Waals surface area contributed by atoms with Gasteiger partial charge < -0.3 is 20.3 Å². The Hall–Kier alpha value is -4.28. The molecule has 2 aromatic heterocycles. The van der Waals surface area contributed by atoms with Crippen molar-refractivity contribution in [2.24, 2.45) is 7.05 Å². The van der Waals surface area contributed by atoms with Crippen LogP contribution in [-0.2, 0) is 16.6 Å². The van der Waals surface area contributed by atoms with Crippen molar-refractivity contribution in [2.75, 3.05) is 32.6 Å². The quantitative estimate of drug-likeness (QED) is 0.440. The van der Waals surface area contributed by atoms with Crippen LogP contribution in [0.2, 0.25) is 0 Å². The number of ether oxygens (including phenoxy) is 1. The maximum atomic E-state index is 12.5. The Labute approximate surface area is 234 Å². The number of anilines is 1. The van der Waals surface area contributed by atoms with Crippen molar-refractivity contribution in [3.8, 4) is 11.3 Å². The summed E-state index contributed by atoms with van der Waals surface area (Å²) in [6.07, 6.45) is 10.2. The minimum absolute atomic E-state index is 0.280. The highest BCUT2D eigenvalue weighted by molar-refractivity contribution is 5.89. The molecule has 3 unspecified atom stereocenters. The number of carbonyl (C=O) groups excluding carboxylic acids is 1. The molecule has 3 heterocycles. The number of nitrogens with one attached hydrogen (secondary N) is 2. The van der Waals surface area contributed by atoms with Crippen molar-refractivity contribution >= 4 is 22.6 Å². The molecule has 2 aliphatic rings. The molecule has 40 heavy (non-hydrogen) atoms. The van der Waals surface area contributed by atoms with E-state index in [1.165, 1.54) is 12.4 Å². The number of hydrogen-bond acceptors (Lipinski definition) is 8. The highest BCUT2D eigenvalue weighted by Crippen LogP contribution is 2.28. The summed E-state index contributed by atoms with van der Waals surface area (Å²) in [6, 6.07) is 8.74. The number of likely N-dealkylation sites (N-methyl/N-ethyl adjacent to an activating group) is 1. The third-order valence-electron chi connectivity index (χ3n) is 7.69. The first kappa shape index (κ1) is 27.3. The molecular weight excluding hydrogens is 504 g/mol. The fourth-order valence-corrected chi connectivity index (χ4v) is 5.21. The second kappa shape index (κ2) is 11.4. The van der Waals surface area contributed by atoms with Crippen LogP contribution in [0.4, 0.5) is 5.82 Å². The second-order valence-electron chi connectivity index (χ2n) is 10.3. The van der Waals surface area contributed by atoms with Crippen molar-refractivity contribution in [3.05, 3.63) is 84.8 Å². The first-order chi connectivity index (χ1) is 19.3. The van der Waals surface area contributed by atoms with E-state index in [1.54, 1.807) is 7.11 Å². The van der Waals surface area contributed by atoms with Gasteiger partial charge in [0.05, 0.1) is 34.5 Å². The molecule has 0 spiro atoms. The molecule has 1 aromatic carbocycles. The van der Waals surface area contributed by atoms with Gasteiger partial charge in [0.25, 0.3) is 0 Å². The van der Waals surface area contributed by atoms with Crippen LogP contribution >= 0.6 is 0 Å². The van der Waals surface area contributed by atoms with E-state index in [0.29, 0.717) is 23.6 Å². The molecule has 1 amide bonds. The molecule has 10 heteroatoms. The molecule has 0 radical (unpaired) electrons. The standard InChI is InChI=1S/C30H36N8O2/c1-7-30(39)35-24-13-25(28(40-6)11-10-27(24)38-16-19(2)36(4)20(3)17-38)34-29-14-23(31-18-32-29)21-8-9-26-22(12-21)15-33-37(26)5/h7-15,18-20,28H,1,16-17H2,2-6H3,(H,35,39)(H,31,32,34). The topological polar surface area (TPSA) is 100 Å². The number of methoxy groups -OCH3 is 1. The van der Waals surface area contributed by atoms with Gasteiger partial charge in [0, 0.05) is 56.3 Å². The van der Waals surface area contributed by atoms with Crippen molar-refractivity contribution in [3.63, 3.8) is 0 Å². The summed E-state index contributed by atoms with van der Waals surface area (Å²) in [4.78, 5) is 26.2. The molecule has 208 valence electrons. The molecule has 3 atom stereocenters. The first-order valence-corrected chi connectivity index (χ1v) is 13.4. The predicted octanol–water partition coefficient (Wildman–Crippen LogP) is 3.45. The molecular formula is C30H36N8O2. The maximum Gasteiger partial charge on any atom is 0.247 e. The zero-order chi connectivity index (χ0) is 28.4. The second-order valence-corrected chi connectivity index (χ2v) is 10.3. The van der Waals surface area contributed by atoms with E-state index < -0.39 is 0 Å². The number of benzene rings is 1.